The first-order valence-corrected chi connectivity index (χ1v) is 5.70. The molecule has 1 aromatic rings. The van der Waals surface area contributed by atoms with Crippen LogP contribution >= 0.6 is 0 Å². The van der Waals surface area contributed by atoms with Gasteiger partial charge in [-0.05, 0) is 38.2 Å². The number of amides is 1. The minimum atomic E-state index is -0.167. The Bertz CT molecular complexity index is 548. The van der Waals surface area contributed by atoms with E-state index in [9.17, 15) is 4.79 Å². The maximum absolute atomic E-state index is 11.1. The third-order valence-corrected chi connectivity index (χ3v) is 3.08. The Hall–Kier alpha value is -1.52. The summed E-state index contributed by atoms with van der Waals surface area (Å²) >= 11 is 0. The molecule has 0 bridgehead atoms. The van der Waals surface area contributed by atoms with Crippen molar-refractivity contribution in [2.24, 2.45) is 10.7 Å². The lowest BCUT2D eigenvalue weighted by Crippen LogP contribution is -2.37. The summed E-state index contributed by atoms with van der Waals surface area (Å²) < 4.78 is 0. The van der Waals surface area contributed by atoms with Crippen molar-refractivity contribution in [1.29, 1.82) is 0 Å². The number of carbonyl (C=O) groups is 1. The van der Waals surface area contributed by atoms with Gasteiger partial charge in [0.05, 0.1) is 5.36 Å². The number of nitrogens with two attached hydrogens (primary N) is 1. The molecule has 0 unspecified atom stereocenters. The predicted molar refractivity (Wildman–Crippen MR) is 66.9 cm³/mol. The van der Waals surface area contributed by atoms with E-state index in [1.807, 2.05) is 32.3 Å². The molecular formula is C13H17N3O. The van der Waals surface area contributed by atoms with Gasteiger partial charge >= 0.3 is 0 Å². The minimum Gasteiger partial charge on any atom is -0.329 e. The molecule has 90 valence electrons. The molecule has 0 spiro atoms. The summed E-state index contributed by atoms with van der Waals surface area (Å²) in [5, 5.41) is 1.69. The van der Waals surface area contributed by atoms with Crippen molar-refractivity contribution in [3.63, 3.8) is 0 Å². The average Bonchev–Trinajstić information content (AvgIpc) is 2.64. The lowest BCUT2D eigenvalue weighted by molar-refractivity contribution is -0.112. The molecule has 1 aliphatic rings. The van der Waals surface area contributed by atoms with E-state index in [1.54, 1.807) is 6.08 Å². The maximum atomic E-state index is 11.1. The largest absolute Gasteiger partial charge is 0.329 e. The number of rotatable bonds is 4. The second kappa shape index (κ2) is 4.77. The number of fused-ring (bicyclic) bond motifs is 1. The van der Waals surface area contributed by atoms with Crippen LogP contribution in [0.5, 0.6) is 0 Å². The third kappa shape index (κ3) is 2.60. The summed E-state index contributed by atoms with van der Waals surface area (Å²) in [6, 6.07) is 6.26. The van der Waals surface area contributed by atoms with Crippen LogP contribution in [0.4, 0.5) is 0 Å². The van der Waals surface area contributed by atoms with Crippen LogP contribution in [-0.4, -0.2) is 37.5 Å². The van der Waals surface area contributed by atoms with Gasteiger partial charge in [0, 0.05) is 23.9 Å². The highest BCUT2D eigenvalue weighted by atomic mass is 16.1. The maximum Gasteiger partial charge on any atom is 0.270 e. The first-order chi connectivity index (χ1) is 8.10. The highest BCUT2D eigenvalue weighted by molar-refractivity contribution is 6.06. The molecule has 0 radical (unpaired) electrons. The van der Waals surface area contributed by atoms with Crippen LogP contribution in [-0.2, 0) is 11.2 Å². The fourth-order valence-corrected chi connectivity index (χ4v) is 1.98. The molecule has 4 nitrogen and oxygen atoms in total. The average molecular weight is 231 g/mol. The Morgan fingerprint density at radius 1 is 1.41 bits per heavy atom. The SMILES string of the molecule is CN(C)[C@H](CN)Cc1ccc2c(c1)=CC(=O)N=2. The van der Waals surface area contributed by atoms with Crippen LogP contribution in [0.3, 0.4) is 0 Å². The summed E-state index contributed by atoms with van der Waals surface area (Å²) in [4.78, 5) is 17.2. The number of hydrogen-bond acceptors (Lipinski definition) is 3. The summed E-state index contributed by atoms with van der Waals surface area (Å²) in [5.41, 5.74) is 6.92. The van der Waals surface area contributed by atoms with E-state index in [4.69, 9.17) is 5.73 Å². The Morgan fingerprint density at radius 2 is 2.18 bits per heavy atom. The lowest BCUT2D eigenvalue weighted by Gasteiger charge is -2.22. The van der Waals surface area contributed by atoms with E-state index in [0.29, 0.717) is 12.6 Å². The summed E-state index contributed by atoms with van der Waals surface area (Å²) in [7, 11) is 4.05. The molecule has 2 rings (SSSR count). The van der Waals surface area contributed by atoms with Crippen LogP contribution in [0.1, 0.15) is 5.56 Å². The molecule has 2 N–H and O–H groups in total. The van der Waals surface area contributed by atoms with Gasteiger partial charge in [-0.2, -0.15) is 0 Å². The highest BCUT2D eigenvalue weighted by Crippen LogP contribution is 2.03. The minimum absolute atomic E-state index is 0.167. The Labute approximate surface area is 100 Å². The first-order valence-electron chi connectivity index (χ1n) is 5.70. The van der Waals surface area contributed by atoms with E-state index >= 15 is 0 Å². The van der Waals surface area contributed by atoms with Gasteiger partial charge < -0.3 is 10.6 Å². The smallest absolute Gasteiger partial charge is 0.270 e. The number of likely N-dealkylation sites (N-methyl/N-ethyl adjacent to an activating group) is 1. The fraction of sp³-hybridized carbons (Fsp3) is 0.385. The molecule has 0 aromatic heterocycles. The van der Waals surface area contributed by atoms with Gasteiger partial charge in [0.25, 0.3) is 5.91 Å². The zero-order valence-electron chi connectivity index (χ0n) is 10.2. The van der Waals surface area contributed by atoms with Gasteiger partial charge in [-0.3, -0.25) is 4.79 Å². The van der Waals surface area contributed by atoms with Gasteiger partial charge in [0.2, 0.25) is 0 Å². The quantitative estimate of drug-likeness (QED) is 0.727. The van der Waals surface area contributed by atoms with E-state index < -0.39 is 0 Å². The van der Waals surface area contributed by atoms with Gasteiger partial charge in [-0.25, -0.2) is 4.99 Å². The zero-order chi connectivity index (χ0) is 12.4. The molecule has 1 aromatic carbocycles. The van der Waals surface area contributed by atoms with Crippen LogP contribution in [0, 0.1) is 0 Å². The van der Waals surface area contributed by atoms with Gasteiger partial charge in [0.1, 0.15) is 0 Å². The first kappa shape index (κ1) is 12.0. The van der Waals surface area contributed by atoms with Crippen LogP contribution in [0.15, 0.2) is 23.2 Å². The van der Waals surface area contributed by atoms with Gasteiger partial charge in [0.15, 0.2) is 0 Å². The zero-order valence-corrected chi connectivity index (χ0v) is 10.2. The van der Waals surface area contributed by atoms with Crippen molar-refractivity contribution >= 4 is 12.0 Å². The third-order valence-electron chi connectivity index (χ3n) is 3.08. The summed E-state index contributed by atoms with van der Waals surface area (Å²) in [6.45, 7) is 0.622. The number of benzene rings is 1. The molecule has 1 heterocycles. The van der Waals surface area contributed by atoms with Crippen LogP contribution in [0.25, 0.3) is 6.08 Å². The standard InChI is InChI=1S/C13H17N3O/c1-16(2)11(8-14)6-9-3-4-12-10(5-9)7-13(17)15-12/h3-5,7,11H,6,8,14H2,1-2H3/t11-/m0/s1. The van der Waals surface area contributed by atoms with E-state index in [1.165, 1.54) is 5.56 Å². The Morgan fingerprint density at radius 3 is 2.82 bits per heavy atom. The molecule has 0 aliphatic carbocycles. The van der Waals surface area contributed by atoms with Crippen molar-refractivity contribution in [2.45, 2.75) is 12.5 Å². The van der Waals surface area contributed by atoms with E-state index in [0.717, 1.165) is 17.0 Å². The van der Waals surface area contributed by atoms with Crippen molar-refractivity contribution in [2.75, 3.05) is 20.6 Å². The fourth-order valence-electron chi connectivity index (χ4n) is 1.98. The molecule has 1 atom stereocenters. The molecule has 1 amide bonds. The topological polar surface area (TPSA) is 58.7 Å². The molecule has 0 fully saturated rings. The van der Waals surface area contributed by atoms with Crippen molar-refractivity contribution in [3.05, 3.63) is 34.3 Å². The normalized spacial score (nSPS) is 15.4. The molecule has 4 heteroatoms. The summed E-state index contributed by atoms with van der Waals surface area (Å²) in [5.74, 6) is -0.167. The molecular weight excluding hydrogens is 214 g/mol. The Kier molecular flexibility index (Phi) is 3.36. The molecule has 0 saturated carbocycles. The van der Waals surface area contributed by atoms with E-state index in [-0.39, 0.29) is 5.91 Å². The van der Waals surface area contributed by atoms with Crippen molar-refractivity contribution in [3.8, 4) is 0 Å². The van der Waals surface area contributed by atoms with Crippen molar-refractivity contribution < 1.29 is 4.79 Å². The van der Waals surface area contributed by atoms with E-state index in [2.05, 4.69) is 9.89 Å². The second-order valence-electron chi connectivity index (χ2n) is 4.54. The monoisotopic (exact) mass is 231 g/mol. The number of nitrogens with zero attached hydrogens (tertiary/aromatic N) is 2. The van der Waals surface area contributed by atoms with Gasteiger partial charge in [-0.1, -0.05) is 6.07 Å². The molecule has 0 saturated heterocycles. The van der Waals surface area contributed by atoms with Gasteiger partial charge in [-0.15, -0.1) is 0 Å². The summed E-state index contributed by atoms with van der Waals surface area (Å²) in [6.07, 6.45) is 2.46. The highest BCUT2D eigenvalue weighted by Gasteiger charge is 2.11. The number of hydrogen-bond donors (Lipinski definition) is 1. The van der Waals surface area contributed by atoms with Crippen LogP contribution < -0.4 is 16.3 Å². The molecule has 17 heavy (non-hydrogen) atoms. The Balaban J connectivity index is 2.26. The molecule has 1 aliphatic heterocycles. The van der Waals surface area contributed by atoms with Crippen LogP contribution in [0.2, 0.25) is 0 Å². The van der Waals surface area contributed by atoms with Crippen molar-refractivity contribution in [1.82, 2.24) is 4.90 Å². The predicted octanol–water partition coefficient (Wildman–Crippen LogP) is -0.942. The lowest BCUT2D eigenvalue weighted by atomic mass is 10.0. The second-order valence-corrected chi connectivity index (χ2v) is 4.54. The number of carbonyl (C=O) groups excluding carboxylic acids is 1.